The smallest absolute Gasteiger partial charge is 0.263 e. The summed E-state index contributed by atoms with van der Waals surface area (Å²) in [6.45, 7) is 7.19. The summed E-state index contributed by atoms with van der Waals surface area (Å²) in [5.74, 6) is -0.705. The lowest BCUT2D eigenvalue weighted by Crippen LogP contribution is -2.32. The topological polar surface area (TPSA) is 126 Å². The second-order valence-corrected chi connectivity index (χ2v) is 11.5. The van der Waals surface area contributed by atoms with E-state index in [1.54, 1.807) is 19.1 Å². The van der Waals surface area contributed by atoms with Crippen LogP contribution in [0.2, 0.25) is 0 Å². The zero-order chi connectivity index (χ0) is 28.6. The number of aryl methyl sites for hydroxylation is 3. The van der Waals surface area contributed by atoms with Crippen molar-refractivity contribution in [3.63, 3.8) is 0 Å². The van der Waals surface area contributed by atoms with Gasteiger partial charge in [-0.1, -0.05) is 42.7 Å². The fraction of sp³-hybridized carbons (Fsp3) is 0.290. The van der Waals surface area contributed by atoms with Gasteiger partial charge in [0, 0.05) is 35.3 Å². The first-order valence-electron chi connectivity index (χ1n) is 13.4. The highest BCUT2D eigenvalue weighted by molar-refractivity contribution is 7.21. The molecule has 0 aliphatic heterocycles. The molecule has 0 spiro atoms. The maximum Gasteiger partial charge on any atom is 0.263 e. The Hall–Kier alpha value is -4.24. The van der Waals surface area contributed by atoms with Crippen LogP contribution in [0, 0.1) is 20.8 Å². The van der Waals surface area contributed by atoms with Crippen LogP contribution in [0.15, 0.2) is 42.5 Å². The monoisotopic (exact) mass is 555 g/mol. The van der Waals surface area contributed by atoms with Gasteiger partial charge in [-0.05, 0) is 62.9 Å². The zero-order valence-electron chi connectivity index (χ0n) is 23.1. The Bertz CT molecular complexity index is 1640. The van der Waals surface area contributed by atoms with E-state index in [1.807, 2.05) is 44.2 Å². The van der Waals surface area contributed by atoms with Crippen molar-refractivity contribution in [2.24, 2.45) is 0 Å². The van der Waals surface area contributed by atoms with E-state index in [0.29, 0.717) is 49.0 Å². The molecule has 0 bridgehead atoms. The van der Waals surface area contributed by atoms with E-state index < -0.39 is 0 Å². The number of carbonyl (C=O) groups is 3. The van der Waals surface area contributed by atoms with Crippen molar-refractivity contribution in [3.8, 4) is 11.1 Å². The van der Waals surface area contributed by atoms with Gasteiger partial charge < -0.3 is 21.7 Å². The summed E-state index contributed by atoms with van der Waals surface area (Å²) in [4.78, 5) is 44.5. The van der Waals surface area contributed by atoms with Crippen LogP contribution in [0.4, 0.5) is 17.1 Å². The number of benzene rings is 2. The molecular formula is C31H33N5O3S. The first kappa shape index (κ1) is 27.3. The van der Waals surface area contributed by atoms with Crippen LogP contribution in [0.1, 0.15) is 69.5 Å². The van der Waals surface area contributed by atoms with Gasteiger partial charge in [-0.15, -0.1) is 11.3 Å². The minimum Gasteiger partial charge on any atom is -0.397 e. The maximum absolute atomic E-state index is 13.9. The summed E-state index contributed by atoms with van der Waals surface area (Å²) in [5.41, 5.74) is 12.6. The highest BCUT2D eigenvalue weighted by Gasteiger charge is 2.28. The zero-order valence-corrected chi connectivity index (χ0v) is 23.9. The standard InChI is InChI=1S/C31H33N5O3S/c1-16-9-14-23(17(2)15-16)36-29(38)24-18(3)33-31-26(25(24)20-10-12-22(13-11-20)34-19(4)37)27(32)28(40-31)30(39)35-21-7-5-6-8-21/h9-15,21H,5-8,32H2,1-4H3,(H,34,37)(H,35,39)(H,36,38). The molecule has 5 rings (SSSR count). The van der Waals surface area contributed by atoms with E-state index in [-0.39, 0.29) is 23.8 Å². The molecule has 8 nitrogen and oxygen atoms in total. The van der Waals surface area contributed by atoms with Gasteiger partial charge in [0.05, 0.1) is 16.9 Å². The van der Waals surface area contributed by atoms with Crippen LogP contribution in [0.25, 0.3) is 21.3 Å². The average molecular weight is 556 g/mol. The number of pyridine rings is 1. The summed E-state index contributed by atoms with van der Waals surface area (Å²) in [6, 6.07) is 13.2. The van der Waals surface area contributed by atoms with E-state index in [0.717, 1.165) is 42.4 Å². The first-order valence-corrected chi connectivity index (χ1v) is 14.2. The van der Waals surface area contributed by atoms with Gasteiger partial charge >= 0.3 is 0 Å². The van der Waals surface area contributed by atoms with Crippen LogP contribution >= 0.6 is 11.3 Å². The Morgan fingerprint density at radius 3 is 2.30 bits per heavy atom. The van der Waals surface area contributed by atoms with Crippen LogP contribution in [-0.4, -0.2) is 28.7 Å². The average Bonchev–Trinajstić information content (AvgIpc) is 3.52. The van der Waals surface area contributed by atoms with Crippen molar-refractivity contribution in [3.05, 3.63) is 69.7 Å². The highest BCUT2D eigenvalue weighted by Crippen LogP contribution is 2.42. The van der Waals surface area contributed by atoms with Crippen molar-refractivity contribution >= 4 is 56.3 Å². The summed E-state index contributed by atoms with van der Waals surface area (Å²) in [7, 11) is 0. The minimum absolute atomic E-state index is 0.145. The maximum atomic E-state index is 13.9. The third kappa shape index (κ3) is 5.42. The summed E-state index contributed by atoms with van der Waals surface area (Å²) < 4.78 is 0. The molecule has 206 valence electrons. The summed E-state index contributed by atoms with van der Waals surface area (Å²) in [5, 5.41) is 9.52. The van der Waals surface area contributed by atoms with Crippen molar-refractivity contribution < 1.29 is 14.4 Å². The molecule has 0 radical (unpaired) electrons. The van der Waals surface area contributed by atoms with Crippen LogP contribution in [0.5, 0.6) is 0 Å². The van der Waals surface area contributed by atoms with Crippen LogP contribution in [-0.2, 0) is 4.79 Å². The Kier molecular flexibility index (Phi) is 7.58. The Balaban J connectivity index is 1.65. The van der Waals surface area contributed by atoms with Crippen molar-refractivity contribution in [2.45, 2.75) is 59.4 Å². The van der Waals surface area contributed by atoms with Crippen molar-refractivity contribution in [1.82, 2.24) is 10.3 Å². The number of carbonyl (C=O) groups excluding carboxylic acids is 3. The molecule has 40 heavy (non-hydrogen) atoms. The molecule has 0 saturated heterocycles. The second-order valence-electron chi connectivity index (χ2n) is 10.5. The highest BCUT2D eigenvalue weighted by atomic mass is 32.1. The molecule has 1 aliphatic rings. The summed E-state index contributed by atoms with van der Waals surface area (Å²) >= 11 is 1.24. The number of nitrogen functional groups attached to an aromatic ring is 1. The van der Waals surface area contributed by atoms with Gasteiger partial charge in [0.25, 0.3) is 11.8 Å². The molecule has 0 unspecified atom stereocenters. The predicted molar refractivity (Wildman–Crippen MR) is 162 cm³/mol. The number of rotatable bonds is 6. The van der Waals surface area contributed by atoms with Crippen LogP contribution in [0.3, 0.4) is 0 Å². The van der Waals surface area contributed by atoms with E-state index >= 15 is 0 Å². The number of nitrogens with zero attached hydrogens (tertiary/aromatic N) is 1. The molecule has 2 heterocycles. The third-order valence-corrected chi connectivity index (χ3v) is 8.40. The third-order valence-electron chi connectivity index (χ3n) is 7.31. The van der Waals surface area contributed by atoms with Gasteiger partial charge in [-0.2, -0.15) is 0 Å². The van der Waals surface area contributed by atoms with E-state index in [9.17, 15) is 14.4 Å². The van der Waals surface area contributed by atoms with Crippen molar-refractivity contribution in [2.75, 3.05) is 16.4 Å². The SMILES string of the molecule is CC(=O)Nc1ccc(-c2c(C(=O)Nc3ccc(C)cc3C)c(C)nc3sc(C(=O)NC4CCCC4)c(N)c23)cc1. The molecule has 2 aromatic carbocycles. The van der Waals surface area contributed by atoms with Gasteiger partial charge in [0.2, 0.25) is 5.91 Å². The second kappa shape index (κ2) is 11.1. The van der Waals surface area contributed by atoms with Gasteiger partial charge in [-0.3, -0.25) is 14.4 Å². The lowest BCUT2D eigenvalue weighted by molar-refractivity contribution is -0.114. The molecule has 2 aromatic heterocycles. The van der Waals surface area contributed by atoms with E-state index in [1.165, 1.54) is 18.3 Å². The Morgan fingerprint density at radius 1 is 0.950 bits per heavy atom. The lowest BCUT2D eigenvalue weighted by Gasteiger charge is -2.16. The molecule has 1 saturated carbocycles. The van der Waals surface area contributed by atoms with Crippen LogP contribution < -0.4 is 21.7 Å². The number of fused-ring (bicyclic) bond motifs is 1. The fourth-order valence-electron chi connectivity index (χ4n) is 5.38. The Labute approximate surface area is 237 Å². The molecule has 1 aliphatic carbocycles. The van der Waals surface area contributed by atoms with Crippen molar-refractivity contribution in [1.29, 1.82) is 0 Å². The van der Waals surface area contributed by atoms with Gasteiger partial charge in [0.1, 0.15) is 9.71 Å². The lowest BCUT2D eigenvalue weighted by atomic mass is 9.94. The summed E-state index contributed by atoms with van der Waals surface area (Å²) in [6.07, 6.45) is 4.13. The van der Waals surface area contributed by atoms with Gasteiger partial charge in [0.15, 0.2) is 0 Å². The molecule has 5 N–H and O–H groups in total. The number of hydrogen-bond acceptors (Lipinski definition) is 6. The number of anilines is 3. The molecule has 9 heteroatoms. The van der Waals surface area contributed by atoms with Gasteiger partial charge in [-0.25, -0.2) is 4.98 Å². The normalized spacial score (nSPS) is 13.4. The minimum atomic E-state index is -0.317. The fourth-order valence-corrected chi connectivity index (χ4v) is 6.44. The largest absolute Gasteiger partial charge is 0.397 e. The number of thiophene rings is 1. The number of nitrogens with two attached hydrogens (primary N) is 1. The molecule has 0 atom stereocenters. The molecule has 1 fully saturated rings. The number of nitrogens with one attached hydrogen (secondary N) is 3. The molecular weight excluding hydrogens is 522 g/mol. The number of aromatic nitrogens is 1. The predicted octanol–water partition coefficient (Wildman–Crippen LogP) is 6.35. The van der Waals surface area contributed by atoms with E-state index in [2.05, 4.69) is 16.0 Å². The number of hydrogen-bond donors (Lipinski definition) is 4. The molecule has 3 amide bonds. The van der Waals surface area contributed by atoms with E-state index in [4.69, 9.17) is 10.7 Å². The first-order chi connectivity index (χ1) is 19.1. The Morgan fingerprint density at radius 2 is 1.65 bits per heavy atom. The molecule has 4 aromatic rings. The quantitative estimate of drug-likeness (QED) is 0.220. The number of amides is 3.